The largest absolute Gasteiger partial charge is 0.495 e. The van der Waals surface area contributed by atoms with Gasteiger partial charge in [-0.25, -0.2) is 4.39 Å². The number of ether oxygens (including phenoxy) is 1. The summed E-state index contributed by atoms with van der Waals surface area (Å²) in [7, 11) is 3.22. The van der Waals surface area contributed by atoms with Gasteiger partial charge in [-0.1, -0.05) is 24.0 Å². The number of nitrogens with zero attached hydrogens (tertiary/aromatic N) is 1. The molecule has 0 saturated carbocycles. The molecule has 1 saturated heterocycles. The third-order valence-corrected chi connectivity index (χ3v) is 7.83. The number of halogens is 4. The lowest BCUT2D eigenvalue weighted by molar-refractivity contribution is -0.126. The van der Waals surface area contributed by atoms with Crippen LogP contribution in [-0.4, -0.2) is 57.1 Å². The third-order valence-electron chi connectivity index (χ3n) is 6.14. The molecule has 0 amide bonds. The molecule has 37 heavy (non-hydrogen) atoms. The molecule has 3 aromatic rings. The maximum absolute atomic E-state index is 14.6. The summed E-state index contributed by atoms with van der Waals surface area (Å²) in [6, 6.07) is 9.71. The first kappa shape index (κ1) is 27.2. The van der Waals surface area contributed by atoms with Crippen molar-refractivity contribution in [2.75, 3.05) is 44.4 Å². The molecule has 0 radical (unpaired) electrons. The molecule has 0 unspecified atom stereocenters. The van der Waals surface area contributed by atoms with E-state index in [0.717, 1.165) is 6.54 Å². The molecule has 0 aliphatic carbocycles. The minimum atomic E-state index is -4.40. The van der Waals surface area contributed by atoms with Gasteiger partial charge in [0.25, 0.3) is 0 Å². The van der Waals surface area contributed by atoms with E-state index < -0.39 is 24.8 Å². The number of thiophene rings is 1. The summed E-state index contributed by atoms with van der Waals surface area (Å²) in [5.74, 6) is 6.30. The summed E-state index contributed by atoms with van der Waals surface area (Å²) in [5.41, 5.74) is 1.37. The lowest BCUT2D eigenvalue weighted by Gasteiger charge is -2.33. The summed E-state index contributed by atoms with van der Waals surface area (Å²) < 4.78 is 72.1. The van der Waals surface area contributed by atoms with Gasteiger partial charge in [-0.2, -0.15) is 13.2 Å². The molecule has 2 atom stereocenters. The highest BCUT2D eigenvalue weighted by atomic mass is 32.1. The molecule has 2 heterocycles. The molecule has 2 N–H and O–H groups in total. The summed E-state index contributed by atoms with van der Waals surface area (Å²) in [5, 5.41) is 7.35. The number of hydrogen-bond donors (Lipinski definition) is 2. The van der Waals surface area contributed by atoms with Gasteiger partial charge in [0.15, 0.2) is 8.46 Å². The van der Waals surface area contributed by atoms with E-state index in [4.69, 9.17) is 4.74 Å². The number of benzene rings is 2. The van der Waals surface area contributed by atoms with Crippen molar-refractivity contribution in [3.8, 4) is 17.6 Å². The van der Waals surface area contributed by atoms with E-state index in [2.05, 4.69) is 22.5 Å². The molecule has 5 nitrogen and oxygen atoms in total. The zero-order chi connectivity index (χ0) is 26.6. The van der Waals surface area contributed by atoms with Crippen molar-refractivity contribution >= 4 is 46.6 Å². The molecular weight excluding hydrogens is 525 g/mol. The Morgan fingerprint density at radius 2 is 2.05 bits per heavy atom. The Labute approximate surface area is 218 Å². The van der Waals surface area contributed by atoms with Crippen molar-refractivity contribution in [3.63, 3.8) is 0 Å². The Balaban J connectivity index is 1.61. The van der Waals surface area contributed by atoms with E-state index >= 15 is 0 Å². The molecule has 0 bridgehead atoms. The fraction of sp³-hybridized carbons (Fsp3) is 0.385. The molecule has 1 fully saturated rings. The standard InChI is InChI=1S/C26H26F4N3O2PS/c1-33-12-10-20(19(27)15-33)32-22-6-3-5-17-18(14-26(28,29)30)24(37-25(17)22)7-4-11-31-21-9-8-16(36-34)13-23(21)35-2/h3,5-6,8-9,13,19-20,31-32H,10-12,14-15H2,1-2H3/t19-,20+/m0/s1. The summed E-state index contributed by atoms with van der Waals surface area (Å²) in [4.78, 5) is 2.25. The maximum atomic E-state index is 14.6. The SMILES string of the molecule is COc1cc(P=O)ccc1NCC#Cc1sc2c(N[C@@H]3CCN(C)C[C@@H]3F)cccc2c1CC(F)(F)F. The molecule has 1 aromatic heterocycles. The van der Waals surface area contributed by atoms with Crippen molar-refractivity contribution in [2.24, 2.45) is 0 Å². The number of fused-ring (bicyclic) bond motifs is 1. The van der Waals surface area contributed by atoms with Crippen LogP contribution in [0.4, 0.5) is 28.9 Å². The van der Waals surface area contributed by atoms with Crippen molar-refractivity contribution in [1.82, 2.24) is 4.90 Å². The van der Waals surface area contributed by atoms with Crippen LogP contribution in [0.3, 0.4) is 0 Å². The van der Waals surface area contributed by atoms with Crippen LogP contribution >= 0.6 is 19.8 Å². The number of rotatable bonds is 7. The fourth-order valence-corrected chi connectivity index (χ4v) is 5.80. The number of likely N-dealkylation sites (tertiary alicyclic amines) is 1. The Hall–Kier alpha value is -2.86. The molecule has 1 aliphatic heterocycles. The zero-order valence-corrected chi connectivity index (χ0v) is 22.0. The maximum Gasteiger partial charge on any atom is 0.393 e. The molecule has 4 rings (SSSR count). The molecule has 196 valence electrons. The zero-order valence-electron chi connectivity index (χ0n) is 20.3. The number of methoxy groups -OCH3 is 1. The monoisotopic (exact) mass is 551 g/mol. The highest BCUT2D eigenvalue weighted by molar-refractivity contribution is 7.34. The van der Waals surface area contributed by atoms with Crippen LogP contribution in [0.2, 0.25) is 0 Å². The number of piperidine rings is 1. The van der Waals surface area contributed by atoms with Crippen molar-refractivity contribution in [2.45, 2.75) is 31.2 Å². The van der Waals surface area contributed by atoms with Gasteiger partial charge in [-0.15, -0.1) is 11.3 Å². The van der Waals surface area contributed by atoms with Crippen molar-refractivity contribution in [1.29, 1.82) is 0 Å². The van der Waals surface area contributed by atoms with E-state index in [-0.39, 0.29) is 20.6 Å². The fourth-order valence-electron chi connectivity index (χ4n) is 4.33. The van der Waals surface area contributed by atoms with E-state index in [9.17, 15) is 22.1 Å². The van der Waals surface area contributed by atoms with E-state index in [1.54, 1.807) is 36.4 Å². The van der Waals surface area contributed by atoms with Crippen LogP contribution in [0.5, 0.6) is 5.75 Å². The first-order valence-corrected chi connectivity index (χ1v) is 13.3. The minimum absolute atomic E-state index is 0.125. The van der Waals surface area contributed by atoms with Crippen LogP contribution < -0.4 is 20.7 Å². The van der Waals surface area contributed by atoms with Gasteiger partial charge in [0, 0.05) is 18.4 Å². The van der Waals surface area contributed by atoms with Crippen molar-refractivity contribution < 1.29 is 26.9 Å². The highest BCUT2D eigenvalue weighted by Gasteiger charge is 2.32. The lowest BCUT2D eigenvalue weighted by atomic mass is 10.0. The second-order valence-electron chi connectivity index (χ2n) is 8.83. The summed E-state index contributed by atoms with van der Waals surface area (Å²) >= 11 is 1.18. The summed E-state index contributed by atoms with van der Waals surface area (Å²) in [6.45, 7) is 1.21. The average molecular weight is 552 g/mol. The number of anilines is 2. The van der Waals surface area contributed by atoms with E-state index in [0.29, 0.717) is 50.4 Å². The normalized spacial score (nSPS) is 18.4. The average Bonchev–Trinajstić information content (AvgIpc) is 3.20. The van der Waals surface area contributed by atoms with E-state index in [1.165, 1.54) is 18.4 Å². The minimum Gasteiger partial charge on any atom is -0.495 e. The molecular formula is C26H26F4N3O2PS. The second kappa shape index (κ2) is 11.7. The summed E-state index contributed by atoms with van der Waals surface area (Å²) in [6.07, 6.45) is -5.97. The van der Waals surface area contributed by atoms with Gasteiger partial charge < -0.3 is 20.3 Å². The van der Waals surface area contributed by atoms with Crippen LogP contribution in [0.15, 0.2) is 36.4 Å². The van der Waals surface area contributed by atoms with E-state index in [1.807, 2.05) is 11.9 Å². The van der Waals surface area contributed by atoms with Crippen LogP contribution in [0.25, 0.3) is 10.1 Å². The second-order valence-corrected chi connectivity index (χ2v) is 10.6. The van der Waals surface area contributed by atoms with Gasteiger partial charge in [-0.3, -0.25) is 4.57 Å². The Morgan fingerprint density at radius 1 is 1.24 bits per heavy atom. The third kappa shape index (κ3) is 6.72. The Bertz CT molecular complexity index is 1340. The number of alkyl halides is 4. The first-order valence-electron chi connectivity index (χ1n) is 11.6. The predicted molar refractivity (Wildman–Crippen MR) is 142 cm³/mol. The molecule has 11 heteroatoms. The first-order chi connectivity index (χ1) is 17.7. The van der Waals surface area contributed by atoms with Gasteiger partial charge in [0.1, 0.15) is 11.9 Å². The molecule has 0 spiro atoms. The number of nitrogens with one attached hydrogen (secondary N) is 2. The predicted octanol–water partition coefficient (Wildman–Crippen LogP) is 5.85. The molecule has 2 aromatic carbocycles. The number of hydrogen-bond acceptors (Lipinski definition) is 6. The Morgan fingerprint density at radius 3 is 2.76 bits per heavy atom. The van der Waals surface area contributed by atoms with Gasteiger partial charge in [0.2, 0.25) is 0 Å². The Kier molecular flexibility index (Phi) is 8.58. The topological polar surface area (TPSA) is 53.6 Å². The quantitative estimate of drug-likeness (QED) is 0.219. The van der Waals surface area contributed by atoms with Gasteiger partial charge in [-0.05, 0) is 48.7 Å². The molecule has 1 aliphatic rings. The van der Waals surface area contributed by atoms with Crippen LogP contribution in [0.1, 0.15) is 16.9 Å². The van der Waals surface area contributed by atoms with Crippen LogP contribution in [-0.2, 0) is 11.0 Å². The lowest BCUT2D eigenvalue weighted by Crippen LogP contribution is -2.46. The van der Waals surface area contributed by atoms with Gasteiger partial charge >= 0.3 is 6.18 Å². The highest BCUT2D eigenvalue weighted by Crippen LogP contribution is 2.39. The van der Waals surface area contributed by atoms with Crippen LogP contribution in [0, 0.1) is 11.8 Å². The van der Waals surface area contributed by atoms with Gasteiger partial charge in [0.05, 0.1) is 47.1 Å². The van der Waals surface area contributed by atoms with Crippen molar-refractivity contribution in [3.05, 3.63) is 46.8 Å². The smallest absolute Gasteiger partial charge is 0.393 e.